The highest BCUT2D eigenvalue weighted by molar-refractivity contribution is 6.32. The summed E-state index contributed by atoms with van der Waals surface area (Å²) in [5.74, 6) is 1.27. The fraction of sp³-hybridized carbons (Fsp3) is 0.0333. The van der Waals surface area contributed by atoms with Crippen molar-refractivity contribution >= 4 is 51.3 Å². The summed E-state index contributed by atoms with van der Waals surface area (Å²) < 4.78 is 13.1. The fourth-order valence-electron chi connectivity index (χ4n) is 4.06. The van der Waals surface area contributed by atoms with Crippen molar-refractivity contribution in [2.75, 3.05) is 0 Å². The summed E-state index contributed by atoms with van der Waals surface area (Å²) in [6, 6.07) is 29.3. The van der Waals surface area contributed by atoms with E-state index in [4.69, 9.17) is 37.3 Å². The molecule has 0 saturated heterocycles. The van der Waals surface area contributed by atoms with E-state index in [2.05, 4.69) is 5.10 Å². The van der Waals surface area contributed by atoms with Crippen molar-refractivity contribution in [3.05, 3.63) is 129 Å². The van der Waals surface area contributed by atoms with Gasteiger partial charge < -0.3 is 9.15 Å². The molecule has 0 fully saturated rings. The molecule has 8 heteroatoms. The van der Waals surface area contributed by atoms with Crippen LogP contribution in [-0.2, 0) is 6.61 Å². The molecule has 0 aliphatic carbocycles. The molecule has 0 saturated carbocycles. The van der Waals surface area contributed by atoms with Crippen molar-refractivity contribution in [1.82, 2.24) is 9.66 Å². The van der Waals surface area contributed by atoms with Crippen molar-refractivity contribution in [2.24, 2.45) is 5.10 Å². The average molecular weight is 540 g/mol. The predicted octanol–water partition coefficient (Wildman–Crippen LogP) is 7.58. The molecule has 0 aliphatic heterocycles. The molecule has 0 spiro atoms. The van der Waals surface area contributed by atoms with Gasteiger partial charge in [0.1, 0.15) is 17.9 Å². The van der Waals surface area contributed by atoms with E-state index in [9.17, 15) is 4.79 Å². The Balaban J connectivity index is 1.34. The third-order valence-corrected chi connectivity index (χ3v) is 6.53. The second-order valence-corrected chi connectivity index (χ2v) is 9.41. The van der Waals surface area contributed by atoms with Gasteiger partial charge in [-0.25, -0.2) is 4.98 Å². The number of aromatic nitrogens is 2. The van der Waals surface area contributed by atoms with Gasteiger partial charge in [0.2, 0.25) is 5.82 Å². The topological polar surface area (TPSA) is 69.6 Å². The molecule has 0 bridgehead atoms. The van der Waals surface area contributed by atoms with Crippen molar-refractivity contribution in [3.8, 4) is 17.3 Å². The summed E-state index contributed by atoms with van der Waals surface area (Å²) in [4.78, 5) is 18.1. The van der Waals surface area contributed by atoms with E-state index in [1.54, 1.807) is 36.5 Å². The molecule has 6 aromatic rings. The van der Waals surface area contributed by atoms with Gasteiger partial charge in [0.05, 0.1) is 22.1 Å². The lowest BCUT2D eigenvalue weighted by molar-refractivity contribution is 0.306. The lowest BCUT2D eigenvalue weighted by Crippen LogP contribution is -2.20. The first-order valence-corrected chi connectivity index (χ1v) is 12.5. The predicted molar refractivity (Wildman–Crippen MR) is 151 cm³/mol. The van der Waals surface area contributed by atoms with Crippen LogP contribution in [-0.4, -0.2) is 15.9 Å². The summed E-state index contributed by atoms with van der Waals surface area (Å²) in [7, 11) is 0. The summed E-state index contributed by atoms with van der Waals surface area (Å²) in [5.41, 5.74) is 2.60. The van der Waals surface area contributed by atoms with Crippen molar-refractivity contribution in [2.45, 2.75) is 6.61 Å². The van der Waals surface area contributed by atoms with Crippen LogP contribution in [0.4, 0.5) is 0 Å². The van der Waals surface area contributed by atoms with E-state index in [0.29, 0.717) is 56.0 Å². The van der Waals surface area contributed by atoms with Gasteiger partial charge in [-0.2, -0.15) is 9.78 Å². The Morgan fingerprint density at radius 2 is 1.71 bits per heavy atom. The van der Waals surface area contributed by atoms with Crippen LogP contribution in [0.25, 0.3) is 33.5 Å². The maximum Gasteiger partial charge on any atom is 0.282 e. The SMILES string of the molecule is O=c1c2ccccc2nc(-c2cc3ccccc3o2)n1N=Cc1ccc(OCc2ccc(Cl)cc2)c(Cl)c1. The molecule has 6 rings (SSSR count). The molecule has 0 N–H and O–H groups in total. The second kappa shape index (κ2) is 10.2. The van der Waals surface area contributed by atoms with Crippen molar-refractivity contribution in [1.29, 1.82) is 0 Å². The van der Waals surface area contributed by atoms with Crippen molar-refractivity contribution in [3.63, 3.8) is 0 Å². The smallest absolute Gasteiger partial charge is 0.282 e. The van der Waals surface area contributed by atoms with Crippen molar-refractivity contribution < 1.29 is 9.15 Å². The van der Waals surface area contributed by atoms with E-state index in [-0.39, 0.29) is 5.56 Å². The highest BCUT2D eigenvalue weighted by Crippen LogP contribution is 2.28. The van der Waals surface area contributed by atoms with Crippen LogP contribution in [0.2, 0.25) is 10.0 Å². The third-order valence-electron chi connectivity index (χ3n) is 5.99. The Morgan fingerprint density at radius 3 is 2.53 bits per heavy atom. The molecule has 0 unspecified atom stereocenters. The number of hydrogen-bond acceptors (Lipinski definition) is 5. The Hall–Kier alpha value is -4.39. The molecular formula is C30H19Cl2N3O3. The Kier molecular flexibility index (Phi) is 6.42. The fourth-order valence-corrected chi connectivity index (χ4v) is 4.43. The number of nitrogens with zero attached hydrogens (tertiary/aromatic N) is 3. The highest BCUT2D eigenvalue weighted by atomic mass is 35.5. The van der Waals surface area contributed by atoms with Gasteiger partial charge in [-0.3, -0.25) is 4.79 Å². The lowest BCUT2D eigenvalue weighted by Gasteiger charge is -2.09. The van der Waals surface area contributed by atoms with E-state index in [0.717, 1.165) is 10.9 Å². The quantitative estimate of drug-likeness (QED) is 0.204. The number of ether oxygens (including phenoxy) is 1. The first kappa shape index (κ1) is 24.0. The number of para-hydroxylation sites is 2. The van der Waals surface area contributed by atoms with E-state index >= 15 is 0 Å². The first-order chi connectivity index (χ1) is 18.5. The molecule has 0 radical (unpaired) electrons. The zero-order valence-electron chi connectivity index (χ0n) is 19.8. The number of fused-ring (bicyclic) bond motifs is 2. The van der Waals surface area contributed by atoms with Crippen LogP contribution in [0.3, 0.4) is 0 Å². The van der Waals surface area contributed by atoms with E-state index < -0.39 is 0 Å². The van der Waals surface area contributed by atoms with E-state index in [1.165, 1.54) is 4.68 Å². The minimum absolute atomic E-state index is 0.301. The molecule has 0 atom stereocenters. The molecule has 38 heavy (non-hydrogen) atoms. The summed E-state index contributed by atoms with van der Waals surface area (Å²) in [5, 5.41) is 6.93. The Bertz CT molecular complexity index is 1840. The molecule has 6 nitrogen and oxygen atoms in total. The van der Waals surface area contributed by atoms with Crippen LogP contribution in [0.15, 0.2) is 111 Å². The summed E-state index contributed by atoms with van der Waals surface area (Å²) in [6.07, 6.45) is 1.55. The Morgan fingerprint density at radius 1 is 0.921 bits per heavy atom. The normalized spacial score (nSPS) is 11.5. The van der Waals surface area contributed by atoms with Crippen LogP contribution < -0.4 is 10.3 Å². The number of rotatable bonds is 6. The van der Waals surface area contributed by atoms with Crippen LogP contribution in [0.5, 0.6) is 5.75 Å². The molecule has 2 aromatic heterocycles. The zero-order chi connectivity index (χ0) is 26.1. The lowest BCUT2D eigenvalue weighted by atomic mass is 10.2. The standard InChI is InChI=1S/C30H19Cl2N3O3/c31-22-12-9-19(10-13-22)18-37-27-14-11-20(15-24(27)32)17-33-35-29(28-16-21-5-1-4-8-26(21)38-28)34-25-7-3-2-6-23(25)30(35)36/h1-17H,18H2. The van der Waals surface area contributed by atoms with E-state index in [1.807, 2.05) is 66.7 Å². The zero-order valence-corrected chi connectivity index (χ0v) is 21.4. The largest absolute Gasteiger partial charge is 0.487 e. The summed E-state index contributed by atoms with van der Waals surface area (Å²) >= 11 is 12.4. The van der Waals surface area contributed by atoms with Gasteiger partial charge >= 0.3 is 0 Å². The van der Waals surface area contributed by atoms with Gasteiger partial charge in [-0.05, 0) is 65.7 Å². The molecule has 0 aliphatic rings. The van der Waals surface area contributed by atoms with Gasteiger partial charge in [-0.1, -0.05) is 65.7 Å². The maximum atomic E-state index is 13.4. The average Bonchev–Trinajstić information content (AvgIpc) is 3.37. The Labute approximate surface area is 227 Å². The minimum Gasteiger partial charge on any atom is -0.487 e. The maximum absolute atomic E-state index is 13.4. The molecule has 186 valence electrons. The van der Waals surface area contributed by atoms with Gasteiger partial charge in [-0.15, -0.1) is 0 Å². The highest BCUT2D eigenvalue weighted by Gasteiger charge is 2.16. The monoisotopic (exact) mass is 539 g/mol. The number of hydrogen-bond donors (Lipinski definition) is 0. The molecule has 2 heterocycles. The van der Waals surface area contributed by atoms with Gasteiger partial charge in [0, 0.05) is 10.4 Å². The van der Waals surface area contributed by atoms with Crippen LogP contribution in [0, 0.1) is 0 Å². The molecule has 4 aromatic carbocycles. The minimum atomic E-state index is -0.309. The third kappa shape index (κ3) is 4.79. The van der Waals surface area contributed by atoms with Gasteiger partial charge in [0.15, 0.2) is 5.76 Å². The number of furan rings is 1. The van der Waals surface area contributed by atoms with Crippen LogP contribution >= 0.6 is 23.2 Å². The van der Waals surface area contributed by atoms with Gasteiger partial charge in [0.25, 0.3) is 5.56 Å². The molecular weight excluding hydrogens is 521 g/mol. The second-order valence-electron chi connectivity index (χ2n) is 8.57. The number of halogens is 2. The first-order valence-electron chi connectivity index (χ1n) is 11.8. The number of benzene rings is 4. The summed E-state index contributed by atoms with van der Waals surface area (Å²) in [6.45, 7) is 0.351. The molecule has 0 amide bonds. The van der Waals surface area contributed by atoms with Crippen LogP contribution in [0.1, 0.15) is 11.1 Å².